The van der Waals surface area contributed by atoms with E-state index in [4.69, 9.17) is 5.41 Å². The smallest absolute Gasteiger partial charge is 0.270 e. The minimum atomic E-state index is -0.398. The van der Waals surface area contributed by atoms with E-state index in [1.165, 1.54) is 18.3 Å². The summed E-state index contributed by atoms with van der Waals surface area (Å²) in [7, 11) is 0. The average molecular weight is 423 g/mol. The number of hydrogen-bond donors (Lipinski definition) is 4. The molecule has 0 bridgehead atoms. The van der Waals surface area contributed by atoms with Gasteiger partial charge in [-0.15, -0.1) is 0 Å². The molecule has 0 unspecified atom stereocenters. The van der Waals surface area contributed by atoms with E-state index >= 15 is 0 Å². The van der Waals surface area contributed by atoms with Gasteiger partial charge in [-0.2, -0.15) is 0 Å². The maximum absolute atomic E-state index is 13.5. The molecule has 2 aromatic rings. The Labute approximate surface area is 180 Å². The zero-order chi connectivity index (χ0) is 22.2. The SMILES string of the molecule is Cc1cccc(C(=O)NC2CCC(C(=O)NC(=N)/C=C\Nc3ccccc3F)CC2)n1. The van der Waals surface area contributed by atoms with Crippen LogP contribution in [0.1, 0.15) is 41.9 Å². The molecule has 1 saturated carbocycles. The number of hydrogen-bond acceptors (Lipinski definition) is 5. The molecule has 4 N–H and O–H groups in total. The topological polar surface area (TPSA) is 107 Å². The number of amidine groups is 1. The Kier molecular flexibility index (Phi) is 7.48. The molecule has 0 atom stereocenters. The average Bonchev–Trinajstić information content (AvgIpc) is 2.75. The predicted molar refractivity (Wildman–Crippen MR) is 117 cm³/mol. The van der Waals surface area contributed by atoms with E-state index in [0.29, 0.717) is 37.1 Å². The fourth-order valence-corrected chi connectivity index (χ4v) is 3.50. The van der Waals surface area contributed by atoms with E-state index in [-0.39, 0.29) is 29.6 Å². The highest BCUT2D eigenvalue weighted by molar-refractivity contribution is 6.03. The molecule has 0 spiro atoms. The normalized spacial score (nSPS) is 18.4. The van der Waals surface area contributed by atoms with Gasteiger partial charge < -0.3 is 16.0 Å². The standard InChI is InChI=1S/C23H26FN5O2/c1-15-5-4-8-20(27-15)23(31)28-17-11-9-16(10-12-17)22(30)29-21(25)13-14-26-19-7-3-2-6-18(19)24/h2-8,13-14,16-17,26H,9-12H2,1H3,(H,28,31)(H2,25,29,30)/b14-13-. The molecular formula is C23H26FN5O2. The monoisotopic (exact) mass is 423 g/mol. The maximum atomic E-state index is 13.5. The van der Waals surface area contributed by atoms with E-state index in [1.807, 2.05) is 13.0 Å². The van der Waals surface area contributed by atoms with Crippen LogP contribution in [0.2, 0.25) is 0 Å². The van der Waals surface area contributed by atoms with E-state index in [9.17, 15) is 14.0 Å². The fourth-order valence-electron chi connectivity index (χ4n) is 3.50. The second-order valence-electron chi connectivity index (χ2n) is 7.55. The van der Waals surface area contributed by atoms with Crippen molar-refractivity contribution in [3.63, 3.8) is 0 Å². The first kappa shape index (κ1) is 22.1. The lowest BCUT2D eigenvalue weighted by atomic mass is 9.85. The van der Waals surface area contributed by atoms with Crippen LogP contribution in [0, 0.1) is 24.1 Å². The number of nitrogens with zero attached hydrogens (tertiary/aromatic N) is 1. The third-order valence-corrected chi connectivity index (χ3v) is 5.17. The van der Waals surface area contributed by atoms with Crippen molar-refractivity contribution in [2.45, 2.75) is 38.6 Å². The van der Waals surface area contributed by atoms with Gasteiger partial charge in [-0.1, -0.05) is 18.2 Å². The van der Waals surface area contributed by atoms with Gasteiger partial charge >= 0.3 is 0 Å². The summed E-state index contributed by atoms with van der Waals surface area (Å²) in [5.74, 6) is -1.10. The van der Waals surface area contributed by atoms with Crippen LogP contribution >= 0.6 is 0 Å². The summed E-state index contributed by atoms with van der Waals surface area (Å²) < 4.78 is 13.5. The molecule has 1 aliphatic carbocycles. The van der Waals surface area contributed by atoms with Crippen molar-refractivity contribution < 1.29 is 14.0 Å². The number of carbonyl (C=O) groups excluding carboxylic acids is 2. The van der Waals surface area contributed by atoms with Gasteiger partial charge in [0, 0.05) is 23.9 Å². The van der Waals surface area contributed by atoms with Crippen molar-refractivity contribution in [1.29, 1.82) is 5.41 Å². The number of aromatic nitrogens is 1. The van der Waals surface area contributed by atoms with Gasteiger partial charge in [0.15, 0.2) is 0 Å². The molecule has 0 aliphatic heterocycles. The number of para-hydroxylation sites is 1. The van der Waals surface area contributed by atoms with E-state index in [0.717, 1.165) is 5.69 Å². The molecule has 1 fully saturated rings. The highest BCUT2D eigenvalue weighted by Gasteiger charge is 2.27. The van der Waals surface area contributed by atoms with Crippen LogP contribution in [0.15, 0.2) is 54.7 Å². The molecule has 1 aromatic heterocycles. The van der Waals surface area contributed by atoms with E-state index in [2.05, 4.69) is 20.9 Å². The van der Waals surface area contributed by atoms with Crippen LogP contribution in [0.4, 0.5) is 10.1 Å². The molecule has 31 heavy (non-hydrogen) atoms. The highest BCUT2D eigenvalue weighted by atomic mass is 19.1. The molecule has 2 amide bonds. The first-order valence-electron chi connectivity index (χ1n) is 10.2. The summed E-state index contributed by atoms with van der Waals surface area (Å²) >= 11 is 0. The first-order chi connectivity index (χ1) is 14.9. The summed E-state index contributed by atoms with van der Waals surface area (Å²) in [5, 5.41) is 16.2. The number of aryl methyl sites for hydroxylation is 1. The molecule has 3 rings (SSSR count). The van der Waals surface area contributed by atoms with Crippen molar-refractivity contribution in [3.8, 4) is 0 Å². The van der Waals surface area contributed by atoms with Crippen molar-refractivity contribution >= 4 is 23.3 Å². The van der Waals surface area contributed by atoms with Gasteiger partial charge in [-0.25, -0.2) is 9.37 Å². The second kappa shape index (κ2) is 10.5. The summed E-state index contributed by atoms with van der Waals surface area (Å²) in [5.41, 5.74) is 1.47. The number of benzene rings is 1. The Morgan fingerprint density at radius 1 is 1.10 bits per heavy atom. The molecule has 1 heterocycles. The largest absolute Gasteiger partial charge is 0.359 e. The first-order valence-corrected chi connectivity index (χ1v) is 10.2. The summed E-state index contributed by atoms with van der Waals surface area (Å²) in [4.78, 5) is 29.0. The lowest BCUT2D eigenvalue weighted by Crippen LogP contribution is -2.42. The van der Waals surface area contributed by atoms with Crippen LogP contribution in [-0.4, -0.2) is 28.7 Å². The van der Waals surface area contributed by atoms with Crippen molar-refractivity contribution in [3.05, 3.63) is 71.9 Å². The Morgan fingerprint density at radius 3 is 2.55 bits per heavy atom. The van der Waals surface area contributed by atoms with Crippen LogP contribution in [-0.2, 0) is 4.79 Å². The number of rotatable bonds is 6. The number of anilines is 1. The molecule has 1 aliphatic rings. The number of halogens is 1. The van der Waals surface area contributed by atoms with Crippen molar-refractivity contribution in [2.24, 2.45) is 5.92 Å². The minimum absolute atomic E-state index is 0.00294. The zero-order valence-corrected chi connectivity index (χ0v) is 17.3. The number of nitrogens with one attached hydrogen (secondary N) is 4. The third-order valence-electron chi connectivity index (χ3n) is 5.17. The van der Waals surface area contributed by atoms with Crippen molar-refractivity contribution in [2.75, 3.05) is 5.32 Å². The van der Waals surface area contributed by atoms with Crippen LogP contribution in [0.3, 0.4) is 0 Å². The molecule has 0 saturated heterocycles. The van der Waals surface area contributed by atoms with Crippen LogP contribution in [0.25, 0.3) is 0 Å². The Morgan fingerprint density at radius 2 is 1.84 bits per heavy atom. The van der Waals surface area contributed by atoms with Gasteiger partial charge in [-0.05, 0) is 62.9 Å². The van der Waals surface area contributed by atoms with Gasteiger partial charge in [0.05, 0.1) is 5.69 Å². The van der Waals surface area contributed by atoms with Gasteiger partial charge in [-0.3, -0.25) is 15.0 Å². The van der Waals surface area contributed by atoms with Gasteiger partial charge in [0.2, 0.25) is 5.91 Å². The van der Waals surface area contributed by atoms with Crippen molar-refractivity contribution in [1.82, 2.24) is 15.6 Å². The molecule has 0 radical (unpaired) electrons. The summed E-state index contributed by atoms with van der Waals surface area (Å²) in [6.07, 6.45) is 5.41. The number of amides is 2. The summed E-state index contributed by atoms with van der Waals surface area (Å²) in [6, 6.07) is 11.5. The third kappa shape index (κ3) is 6.47. The Bertz CT molecular complexity index is 983. The number of carbonyl (C=O) groups is 2. The fraction of sp³-hybridized carbons (Fsp3) is 0.304. The predicted octanol–water partition coefficient (Wildman–Crippen LogP) is 3.54. The lowest BCUT2D eigenvalue weighted by Gasteiger charge is -2.28. The Balaban J connectivity index is 1.41. The van der Waals surface area contributed by atoms with Crippen LogP contribution in [0.5, 0.6) is 0 Å². The molecule has 7 nitrogen and oxygen atoms in total. The highest BCUT2D eigenvalue weighted by Crippen LogP contribution is 2.24. The van der Waals surface area contributed by atoms with E-state index in [1.54, 1.807) is 30.3 Å². The maximum Gasteiger partial charge on any atom is 0.270 e. The molecule has 1 aromatic carbocycles. The number of pyridine rings is 1. The lowest BCUT2D eigenvalue weighted by molar-refractivity contribution is -0.124. The van der Waals surface area contributed by atoms with E-state index < -0.39 is 5.82 Å². The second-order valence-corrected chi connectivity index (χ2v) is 7.55. The summed E-state index contributed by atoms with van der Waals surface area (Å²) in [6.45, 7) is 1.84. The molecule has 8 heteroatoms. The van der Waals surface area contributed by atoms with Gasteiger partial charge in [0.1, 0.15) is 17.3 Å². The molecular weight excluding hydrogens is 397 g/mol. The van der Waals surface area contributed by atoms with Crippen LogP contribution < -0.4 is 16.0 Å². The van der Waals surface area contributed by atoms with Gasteiger partial charge in [0.25, 0.3) is 5.91 Å². The quantitative estimate of drug-likeness (QED) is 0.421. The minimum Gasteiger partial charge on any atom is -0.359 e. The molecule has 162 valence electrons. The zero-order valence-electron chi connectivity index (χ0n) is 17.3. The Hall–Kier alpha value is -3.55.